The lowest BCUT2D eigenvalue weighted by atomic mass is 9.95. The van der Waals surface area contributed by atoms with Crippen LogP contribution in [0.4, 0.5) is 5.69 Å². The number of rotatable bonds is 11. The minimum atomic E-state index is -0.431. The van der Waals surface area contributed by atoms with Crippen LogP contribution in [0.15, 0.2) is 47.3 Å². The Morgan fingerprint density at radius 1 is 0.837 bits per heavy atom. The van der Waals surface area contributed by atoms with Gasteiger partial charge in [0.15, 0.2) is 23.0 Å². The van der Waals surface area contributed by atoms with E-state index >= 15 is 0 Å². The molecule has 1 aliphatic rings. The second kappa shape index (κ2) is 13.8. The van der Waals surface area contributed by atoms with Crippen molar-refractivity contribution in [3.8, 4) is 39.9 Å². The Labute approximate surface area is 250 Å². The van der Waals surface area contributed by atoms with E-state index in [0.29, 0.717) is 52.7 Å². The van der Waals surface area contributed by atoms with Gasteiger partial charge in [-0.05, 0) is 65.4 Å². The first-order chi connectivity index (χ1) is 20.7. The van der Waals surface area contributed by atoms with Gasteiger partial charge in [0.05, 0.1) is 53.8 Å². The summed E-state index contributed by atoms with van der Waals surface area (Å²) in [6, 6.07) is 11.8. The summed E-state index contributed by atoms with van der Waals surface area (Å²) in [7, 11) is 7.73. The summed E-state index contributed by atoms with van der Waals surface area (Å²) in [5, 5.41) is 8.79. The van der Waals surface area contributed by atoms with Crippen LogP contribution in [-0.4, -0.2) is 53.9 Å². The number of carbonyl (C=O) groups is 2. The maximum atomic E-state index is 13.4. The first-order valence-corrected chi connectivity index (χ1v) is 13.7. The molecule has 1 atom stereocenters. The van der Waals surface area contributed by atoms with Crippen molar-refractivity contribution < 1.29 is 33.3 Å². The van der Waals surface area contributed by atoms with Gasteiger partial charge in [0.2, 0.25) is 23.0 Å². The van der Waals surface area contributed by atoms with E-state index in [1.54, 1.807) is 52.7 Å². The quantitative estimate of drug-likeness (QED) is 0.306. The minimum Gasteiger partial charge on any atom is -0.493 e. The predicted molar refractivity (Wildman–Crippen MR) is 163 cm³/mol. The van der Waals surface area contributed by atoms with Crippen LogP contribution in [-0.2, 0) is 22.6 Å². The van der Waals surface area contributed by atoms with E-state index in [9.17, 15) is 14.4 Å². The molecule has 11 heteroatoms. The summed E-state index contributed by atoms with van der Waals surface area (Å²) in [4.78, 5) is 38.3. The van der Waals surface area contributed by atoms with Gasteiger partial charge in [-0.15, -0.1) is 0 Å². The molecule has 0 aromatic heterocycles. The van der Waals surface area contributed by atoms with Crippen LogP contribution in [0.3, 0.4) is 0 Å². The third-order valence-corrected chi connectivity index (χ3v) is 7.29. The normalized spacial score (nSPS) is 13.4. The van der Waals surface area contributed by atoms with E-state index in [4.69, 9.17) is 23.7 Å². The summed E-state index contributed by atoms with van der Waals surface area (Å²) < 4.78 is 27.6. The number of hydrogen-bond donors (Lipinski definition) is 3. The molecule has 43 heavy (non-hydrogen) atoms. The van der Waals surface area contributed by atoms with E-state index in [1.807, 2.05) is 12.1 Å². The van der Waals surface area contributed by atoms with Crippen molar-refractivity contribution in [3.05, 3.63) is 69.4 Å². The molecule has 228 valence electrons. The number of carbonyl (C=O) groups excluding carboxylic acids is 2. The van der Waals surface area contributed by atoms with Crippen molar-refractivity contribution in [1.82, 2.24) is 10.6 Å². The van der Waals surface area contributed by atoms with Crippen LogP contribution in [0, 0.1) is 0 Å². The third-order valence-electron chi connectivity index (χ3n) is 7.29. The van der Waals surface area contributed by atoms with Crippen molar-refractivity contribution in [1.29, 1.82) is 0 Å². The predicted octanol–water partition coefficient (Wildman–Crippen LogP) is 3.61. The SMILES string of the molecule is COc1ccc(CNC(=O)CNc2ccc3c(cc2=O)[C@@H](NC(C)=O)CCc2cc(OC)c(OC)c(OC)c2-3)cc1OC. The number of aryl methyl sites for hydroxylation is 1. The van der Waals surface area contributed by atoms with Gasteiger partial charge in [0, 0.05) is 19.0 Å². The van der Waals surface area contributed by atoms with Gasteiger partial charge in [-0.2, -0.15) is 0 Å². The van der Waals surface area contributed by atoms with E-state index in [-0.39, 0.29) is 36.0 Å². The Morgan fingerprint density at radius 2 is 1.56 bits per heavy atom. The van der Waals surface area contributed by atoms with E-state index in [2.05, 4.69) is 16.0 Å². The molecule has 0 saturated heterocycles. The lowest BCUT2D eigenvalue weighted by Gasteiger charge is -2.19. The maximum Gasteiger partial charge on any atom is 0.239 e. The first kappa shape index (κ1) is 31.0. The fourth-order valence-corrected chi connectivity index (χ4v) is 5.28. The minimum absolute atomic E-state index is 0.128. The highest BCUT2D eigenvalue weighted by Gasteiger charge is 2.29. The lowest BCUT2D eigenvalue weighted by Crippen LogP contribution is -2.30. The zero-order chi connectivity index (χ0) is 31.1. The number of fused-ring (bicyclic) bond motifs is 3. The largest absolute Gasteiger partial charge is 0.493 e. The Balaban J connectivity index is 1.65. The van der Waals surface area contributed by atoms with Crippen molar-refractivity contribution in [2.75, 3.05) is 47.4 Å². The number of nitrogens with one attached hydrogen (secondary N) is 3. The van der Waals surface area contributed by atoms with Gasteiger partial charge in [-0.25, -0.2) is 0 Å². The highest BCUT2D eigenvalue weighted by molar-refractivity contribution is 5.84. The summed E-state index contributed by atoms with van der Waals surface area (Å²) in [6.07, 6.45) is 1.14. The number of methoxy groups -OCH3 is 5. The topological polar surface area (TPSA) is 133 Å². The zero-order valence-electron chi connectivity index (χ0n) is 25.2. The summed E-state index contributed by atoms with van der Waals surface area (Å²) in [5.41, 5.74) is 3.74. The fraction of sp³-hybridized carbons (Fsp3) is 0.344. The van der Waals surface area contributed by atoms with Crippen molar-refractivity contribution >= 4 is 17.5 Å². The Morgan fingerprint density at radius 3 is 2.21 bits per heavy atom. The summed E-state index contributed by atoms with van der Waals surface area (Å²) >= 11 is 0. The zero-order valence-corrected chi connectivity index (χ0v) is 25.2. The first-order valence-electron chi connectivity index (χ1n) is 13.7. The van der Waals surface area contributed by atoms with Crippen LogP contribution < -0.4 is 45.1 Å². The van der Waals surface area contributed by atoms with Crippen molar-refractivity contribution in [2.24, 2.45) is 0 Å². The molecule has 2 amide bonds. The Bertz CT molecular complexity index is 1570. The lowest BCUT2D eigenvalue weighted by molar-refractivity contribution is -0.120. The molecule has 0 radical (unpaired) electrons. The molecule has 0 bridgehead atoms. The van der Waals surface area contributed by atoms with Crippen LogP contribution in [0.1, 0.15) is 36.1 Å². The number of amides is 2. The molecule has 0 fully saturated rings. The smallest absolute Gasteiger partial charge is 0.239 e. The van der Waals surface area contributed by atoms with Gasteiger partial charge >= 0.3 is 0 Å². The molecule has 3 aromatic rings. The van der Waals surface area contributed by atoms with Crippen LogP contribution >= 0.6 is 0 Å². The fourth-order valence-electron chi connectivity index (χ4n) is 5.28. The molecular formula is C32H37N3O8. The molecule has 0 heterocycles. The molecule has 11 nitrogen and oxygen atoms in total. The van der Waals surface area contributed by atoms with Gasteiger partial charge in [0.1, 0.15) is 0 Å². The highest BCUT2D eigenvalue weighted by Crippen LogP contribution is 2.50. The van der Waals surface area contributed by atoms with Gasteiger partial charge in [-0.1, -0.05) is 12.1 Å². The standard InChI is InChI=1S/C32H37N3O8/c1-18(36)35-23-10-8-20-14-28(41-4)31(42-5)32(43-6)30(20)21-9-11-24(25(37)15-22(21)23)33-17-29(38)34-16-19-7-12-26(39-2)27(13-19)40-3/h7,9,11-15,23H,8,10,16-17H2,1-6H3,(H,33,37)(H,34,38)(H,35,36)/t23-/m0/s1. The number of ether oxygens (including phenoxy) is 5. The Hall–Kier alpha value is -4.93. The van der Waals surface area contributed by atoms with Gasteiger partial charge in [-0.3, -0.25) is 14.4 Å². The summed E-state index contributed by atoms with van der Waals surface area (Å²) in [5.74, 6) is 2.04. The van der Waals surface area contributed by atoms with E-state index < -0.39 is 6.04 Å². The van der Waals surface area contributed by atoms with Gasteiger partial charge in [0.25, 0.3) is 0 Å². The number of benzene rings is 2. The molecule has 0 aliphatic heterocycles. The highest BCUT2D eigenvalue weighted by atomic mass is 16.5. The monoisotopic (exact) mass is 591 g/mol. The molecular weight excluding hydrogens is 554 g/mol. The average molecular weight is 592 g/mol. The molecule has 4 rings (SSSR count). The van der Waals surface area contributed by atoms with Crippen LogP contribution in [0.2, 0.25) is 0 Å². The Kier molecular flexibility index (Phi) is 9.97. The third kappa shape index (κ3) is 6.77. The van der Waals surface area contributed by atoms with E-state index in [0.717, 1.165) is 16.7 Å². The average Bonchev–Trinajstić information content (AvgIpc) is 3.25. The van der Waals surface area contributed by atoms with Crippen LogP contribution in [0.25, 0.3) is 11.1 Å². The summed E-state index contributed by atoms with van der Waals surface area (Å²) in [6.45, 7) is 1.58. The second-order valence-electron chi connectivity index (χ2n) is 9.92. The molecule has 0 saturated carbocycles. The maximum absolute atomic E-state index is 13.4. The second-order valence-corrected chi connectivity index (χ2v) is 9.92. The number of anilines is 1. The van der Waals surface area contributed by atoms with Gasteiger partial charge < -0.3 is 39.6 Å². The van der Waals surface area contributed by atoms with Crippen LogP contribution in [0.5, 0.6) is 28.7 Å². The van der Waals surface area contributed by atoms with Crippen molar-refractivity contribution in [3.63, 3.8) is 0 Å². The number of hydrogen-bond acceptors (Lipinski definition) is 9. The van der Waals surface area contributed by atoms with E-state index in [1.165, 1.54) is 20.1 Å². The molecule has 0 unspecified atom stereocenters. The molecule has 3 aromatic carbocycles. The molecule has 1 aliphatic carbocycles. The van der Waals surface area contributed by atoms with Crippen molar-refractivity contribution in [2.45, 2.75) is 32.4 Å². The molecule has 0 spiro atoms. The molecule has 3 N–H and O–H groups in total.